The number of fused-ring (bicyclic) bond motifs is 2. The molecule has 6 unspecified atom stereocenters. The second-order valence-corrected chi connectivity index (χ2v) is 27.3. The van der Waals surface area contributed by atoms with Crippen molar-refractivity contribution in [2.45, 2.75) is 169 Å². The predicted molar refractivity (Wildman–Crippen MR) is 328 cm³/mol. The van der Waals surface area contributed by atoms with Gasteiger partial charge < -0.3 is 40.4 Å². The molecule has 6 aromatic rings. The smallest absolute Gasteiger partial charge is 0.255 e. The standard InChI is InChI=1S/2C33H40N4O4S/c2*1-19(2)28(37-16-23-9-7-8-10-25(23)31(37)40)32(41)36-17-24(38)14-27(36)30(39)34-15-22-12-11-21(13-26(22)33(4,5)6)29-20(3)35-18-42-29/h2*7-13,18-19,24,27-28,38H,14-17H2,1-6H3,(H,34,39). The molecule has 0 spiro atoms. The SMILES string of the molecule is Cc1ncsc1-c1ccc(CNC(=O)C2CC(O)CN2C(=O)C(C(C)C)N2Cc3ccccc3C2=O)c(C(C)(C)C)c1.Cc1ncsc1-c1ccc(CNC(=O)C2CC(O)CN2C(=O)C(C(C)C)N2Cc3ccccc3C2=O)c(C(C)(C)C)c1. The molecule has 4 N–H and O–H groups in total. The van der Waals surface area contributed by atoms with E-state index in [1.807, 2.05) is 101 Å². The lowest BCUT2D eigenvalue weighted by Gasteiger charge is -2.35. The van der Waals surface area contributed by atoms with Gasteiger partial charge in [0.1, 0.15) is 24.2 Å². The predicted octanol–water partition coefficient (Wildman–Crippen LogP) is 9.35. The Balaban J connectivity index is 0.000000202. The Bertz CT molecular complexity index is 3240. The number of nitrogens with zero attached hydrogens (tertiary/aromatic N) is 6. The lowest BCUT2D eigenvalue weighted by Crippen LogP contribution is -2.55. The summed E-state index contributed by atoms with van der Waals surface area (Å²) in [5.41, 5.74) is 14.8. The average Bonchev–Trinajstić information content (AvgIpc) is 2.17. The van der Waals surface area contributed by atoms with Crippen LogP contribution in [0.3, 0.4) is 0 Å². The first-order valence-corrected chi connectivity index (χ1v) is 30.9. The number of aliphatic hydroxyl groups excluding tert-OH is 2. The first-order valence-electron chi connectivity index (χ1n) is 29.1. The van der Waals surface area contributed by atoms with Gasteiger partial charge in [-0.3, -0.25) is 28.8 Å². The Hall–Kier alpha value is -7.12. The molecule has 4 aliphatic rings. The van der Waals surface area contributed by atoms with Crippen LogP contribution in [0.15, 0.2) is 96.0 Å². The van der Waals surface area contributed by atoms with Crippen molar-refractivity contribution in [3.05, 3.63) is 152 Å². The lowest BCUT2D eigenvalue weighted by atomic mass is 9.82. The fraction of sp³-hybridized carbons (Fsp3) is 0.455. The van der Waals surface area contributed by atoms with Crippen molar-refractivity contribution in [1.82, 2.24) is 40.2 Å². The Morgan fingerprint density at radius 1 is 0.583 bits per heavy atom. The van der Waals surface area contributed by atoms with Gasteiger partial charge in [-0.25, -0.2) is 9.97 Å². The van der Waals surface area contributed by atoms with Crippen molar-refractivity contribution in [2.24, 2.45) is 11.8 Å². The number of thiazole rings is 2. The highest BCUT2D eigenvalue weighted by atomic mass is 32.1. The molecule has 444 valence electrons. The molecule has 6 amide bonds. The van der Waals surface area contributed by atoms with Crippen LogP contribution < -0.4 is 10.6 Å². The molecular weight excluding hydrogens is 1100 g/mol. The minimum absolute atomic E-state index is 0.0608. The summed E-state index contributed by atoms with van der Waals surface area (Å²) in [6.07, 6.45) is -1.30. The highest BCUT2D eigenvalue weighted by molar-refractivity contribution is 7.13. The van der Waals surface area contributed by atoms with Gasteiger partial charge in [-0.05, 0) is 105 Å². The topological polar surface area (TPSA) is 206 Å². The third-order valence-electron chi connectivity index (χ3n) is 16.6. The van der Waals surface area contributed by atoms with Crippen LogP contribution in [0.25, 0.3) is 20.9 Å². The monoisotopic (exact) mass is 1180 g/mol. The molecule has 16 nitrogen and oxygen atoms in total. The molecule has 0 aliphatic carbocycles. The van der Waals surface area contributed by atoms with E-state index in [4.69, 9.17) is 0 Å². The molecule has 2 saturated heterocycles. The van der Waals surface area contributed by atoms with E-state index < -0.39 is 36.4 Å². The van der Waals surface area contributed by atoms with E-state index in [-0.39, 0.29) is 84.0 Å². The average molecular weight is 1180 g/mol. The summed E-state index contributed by atoms with van der Waals surface area (Å²) in [4.78, 5) is 98.9. The molecular formula is C66H80N8O8S2. The zero-order chi connectivity index (χ0) is 60.7. The Morgan fingerprint density at radius 3 is 1.27 bits per heavy atom. The van der Waals surface area contributed by atoms with Gasteiger partial charge in [0.2, 0.25) is 23.6 Å². The van der Waals surface area contributed by atoms with Gasteiger partial charge in [0, 0.05) is 63.2 Å². The van der Waals surface area contributed by atoms with Gasteiger partial charge in [0.05, 0.1) is 44.4 Å². The van der Waals surface area contributed by atoms with E-state index >= 15 is 0 Å². The second kappa shape index (κ2) is 24.8. The third-order valence-corrected chi connectivity index (χ3v) is 18.6. The highest BCUT2D eigenvalue weighted by Crippen LogP contribution is 2.37. The molecule has 0 bridgehead atoms. The van der Waals surface area contributed by atoms with Crippen LogP contribution in [0.4, 0.5) is 0 Å². The van der Waals surface area contributed by atoms with E-state index in [0.717, 1.165) is 65.6 Å². The number of amides is 6. The number of hydrogen-bond acceptors (Lipinski definition) is 12. The summed E-state index contributed by atoms with van der Waals surface area (Å²) in [6.45, 7) is 25.9. The van der Waals surface area contributed by atoms with Crippen LogP contribution in [0, 0.1) is 25.7 Å². The normalized spacial score (nSPS) is 19.4. The lowest BCUT2D eigenvalue weighted by molar-refractivity contribution is -0.143. The van der Waals surface area contributed by atoms with Gasteiger partial charge in [0.15, 0.2) is 0 Å². The molecule has 18 heteroatoms. The van der Waals surface area contributed by atoms with Crippen LogP contribution in [-0.2, 0) is 56.2 Å². The molecule has 10 rings (SSSR count). The molecule has 2 fully saturated rings. The molecule has 0 saturated carbocycles. The molecule has 6 atom stereocenters. The van der Waals surface area contributed by atoms with Crippen molar-refractivity contribution in [3.8, 4) is 20.9 Å². The molecule has 4 aromatic carbocycles. The van der Waals surface area contributed by atoms with Crippen LogP contribution in [0.5, 0.6) is 0 Å². The summed E-state index contributed by atoms with van der Waals surface area (Å²) in [5, 5.41) is 27.2. The molecule has 4 aliphatic heterocycles. The zero-order valence-electron chi connectivity index (χ0n) is 50.4. The fourth-order valence-electron chi connectivity index (χ4n) is 12.4. The van der Waals surface area contributed by atoms with Crippen molar-refractivity contribution < 1.29 is 39.0 Å². The Kier molecular flexibility index (Phi) is 18.2. The number of rotatable bonds is 14. The van der Waals surface area contributed by atoms with Crippen molar-refractivity contribution in [2.75, 3.05) is 13.1 Å². The Morgan fingerprint density at radius 2 is 0.952 bits per heavy atom. The Labute approximate surface area is 501 Å². The summed E-state index contributed by atoms with van der Waals surface area (Å²) >= 11 is 3.22. The number of benzene rings is 4. The van der Waals surface area contributed by atoms with Crippen LogP contribution in [0.2, 0.25) is 0 Å². The second-order valence-electron chi connectivity index (χ2n) is 25.6. The van der Waals surface area contributed by atoms with E-state index in [2.05, 4.69) is 86.4 Å². The maximum absolute atomic E-state index is 14.0. The minimum atomic E-state index is -0.814. The largest absolute Gasteiger partial charge is 0.391 e. The van der Waals surface area contributed by atoms with Crippen molar-refractivity contribution >= 4 is 58.1 Å². The third kappa shape index (κ3) is 12.8. The molecule has 84 heavy (non-hydrogen) atoms. The summed E-state index contributed by atoms with van der Waals surface area (Å²) in [7, 11) is 0. The maximum atomic E-state index is 14.0. The van der Waals surface area contributed by atoms with Crippen LogP contribution in [0.1, 0.15) is 148 Å². The maximum Gasteiger partial charge on any atom is 0.255 e. The van der Waals surface area contributed by atoms with Crippen molar-refractivity contribution in [3.63, 3.8) is 0 Å². The highest BCUT2D eigenvalue weighted by Gasteiger charge is 2.48. The van der Waals surface area contributed by atoms with Gasteiger partial charge in [0.25, 0.3) is 11.8 Å². The first-order chi connectivity index (χ1) is 39.7. The fourth-order valence-corrected chi connectivity index (χ4v) is 14.0. The number of nitrogens with one attached hydrogen (secondary N) is 2. The van der Waals surface area contributed by atoms with Crippen LogP contribution >= 0.6 is 22.7 Å². The van der Waals surface area contributed by atoms with Gasteiger partial charge in [-0.2, -0.15) is 0 Å². The van der Waals surface area contributed by atoms with E-state index in [0.29, 0.717) is 37.3 Å². The quantitative estimate of drug-likeness (QED) is 0.0813. The van der Waals surface area contributed by atoms with Gasteiger partial charge in [-0.15, -0.1) is 22.7 Å². The number of β-amino-alcohol motifs (C(OH)–C–C–N with tert-alkyl or cyclic N) is 2. The molecule has 0 radical (unpaired) electrons. The number of hydrogen-bond donors (Lipinski definition) is 4. The van der Waals surface area contributed by atoms with Crippen molar-refractivity contribution in [1.29, 1.82) is 0 Å². The number of aryl methyl sites for hydroxylation is 2. The molecule has 6 heterocycles. The van der Waals surface area contributed by atoms with E-state index in [9.17, 15) is 39.0 Å². The number of aromatic nitrogens is 2. The van der Waals surface area contributed by atoms with Gasteiger partial charge in [-0.1, -0.05) is 130 Å². The molecule has 2 aromatic heterocycles. The number of carbonyl (C=O) groups is 6. The first kappa shape index (κ1) is 61.4. The number of aliphatic hydroxyl groups is 2. The summed E-state index contributed by atoms with van der Waals surface area (Å²) in [5.74, 6) is -1.92. The van der Waals surface area contributed by atoms with E-state index in [1.54, 1.807) is 44.6 Å². The van der Waals surface area contributed by atoms with Crippen LogP contribution in [-0.4, -0.2) is 125 Å². The number of likely N-dealkylation sites (tertiary alicyclic amines) is 2. The van der Waals surface area contributed by atoms with Gasteiger partial charge >= 0.3 is 0 Å². The van der Waals surface area contributed by atoms with E-state index in [1.165, 1.54) is 9.80 Å². The minimum Gasteiger partial charge on any atom is -0.391 e. The number of carbonyl (C=O) groups excluding carboxylic acids is 6. The summed E-state index contributed by atoms with van der Waals surface area (Å²) < 4.78 is 0. The summed E-state index contributed by atoms with van der Waals surface area (Å²) in [6, 6.07) is 24.3. The zero-order valence-corrected chi connectivity index (χ0v) is 52.0.